The van der Waals surface area contributed by atoms with Crippen LogP contribution in [0.1, 0.15) is 97.6 Å². The van der Waals surface area contributed by atoms with Crippen molar-refractivity contribution in [3.63, 3.8) is 0 Å². The van der Waals surface area contributed by atoms with Gasteiger partial charge in [0.1, 0.15) is 6.60 Å². The molecule has 2 saturated carbocycles. The molecular weight excluding hydrogens is 496 g/mol. The highest BCUT2D eigenvalue weighted by atomic mass is 35.5. The van der Waals surface area contributed by atoms with Crippen LogP contribution in [0, 0.1) is 41.5 Å². The van der Waals surface area contributed by atoms with E-state index in [0.29, 0.717) is 11.3 Å². The first-order chi connectivity index (χ1) is 17.0. The molecule has 0 unspecified atom stereocenters. The minimum absolute atomic E-state index is 0.0525. The molecule has 36 heavy (non-hydrogen) atoms. The van der Waals surface area contributed by atoms with Gasteiger partial charge in [-0.1, -0.05) is 81.4 Å². The predicted molar refractivity (Wildman–Crippen MR) is 170 cm³/mol. The molecule has 0 spiro atoms. The van der Waals surface area contributed by atoms with Gasteiger partial charge in [0.15, 0.2) is 0 Å². The van der Waals surface area contributed by atoms with Crippen molar-refractivity contribution in [1.82, 2.24) is 0 Å². The van der Waals surface area contributed by atoms with Gasteiger partial charge in [0, 0.05) is 18.0 Å². The zero-order valence-corrected chi connectivity index (χ0v) is 26.3. The van der Waals surface area contributed by atoms with Crippen molar-refractivity contribution in [1.29, 1.82) is 0 Å². The molecule has 2 fully saturated rings. The third-order valence-electron chi connectivity index (χ3n) is 9.96. The Hall–Kier alpha value is -0.420. The van der Waals surface area contributed by atoms with Crippen LogP contribution in [0.25, 0.3) is 0 Å². The van der Waals surface area contributed by atoms with Gasteiger partial charge < -0.3 is 22.9 Å². The van der Waals surface area contributed by atoms with E-state index in [-0.39, 0.29) is 6.60 Å². The summed E-state index contributed by atoms with van der Waals surface area (Å²) in [5, 5.41) is 0. The van der Waals surface area contributed by atoms with Crippen molar-refractivity contribution < 1.29 is 0 Å². The first kappa shape index (κ1) is 28.6. The maximum atomic E-state index is 8.19. The molecule has 0 amide bonds. The fourth-order valence-electron chi connectivity index (χ4n) is 8.37. The minimum Gasteiger partial charge on any atom is -0.326 e. The molecule has 0 bridgehead atoms. The second kappa shape index (κ2) is 11.4. The molecule has 196 valence electrons. The molecule has 0 nitrogen and oxygen atoms in total. The summed E-state index contributed by atoms with van der Waals surface area (Å²) in [6.45, 7) is 16.3. The normalized spacial score (nSPS) is 18.5. The zero-order chi connectivity index (χ0) is 26.3. The van der Waals surface area contributed by atoms with E-state index in [4.69, 9.17) is 22.9 Å². The van der Waals surface area contributed by atoms with E-state index in [0.717, 1.165) is 0 Å². The number of benzene rings is 2. The molecule has 5 heteroatoms. The number of hydrogen-bond acceptors (Lipinski definition) is 0. The molecule has 2 aromatic carbocycles. The summed E-state index contributed by atoms with van der Waals surface area (Å²) in [5.74, 6) is 0. The van der Waals surface area contributed by atoms with Crippen molar-refractivity contribution in [2.75, 3.05) is 6.66 Å². The van der Waals surface area contributed by atoms with E-state index in [1.165, 1.54) is 109 Å². The Balaban J connectivity index is 2.00. The van der Waals surface area contributed by atoms with Crippen molar-refractivity contribution in [3.05, 3.63) is 57.6 Å². The van der Waals surface area contributed by atoms with Crippen molar-refractivity contribution in [3.8, 4) is 0 Å². The highest BCUT2D eigenvalue weighted by Crippen LogP contribution is 2.77. The topological polar surface area (TPSA) is 0 Å². The maximum Gasteiger partial charge on any atom is 0.302 e. The van der Waals surface area contributed by atoms with E-state index in [1.54, 1.807) is 0 Å². The highest BCUT2D eigenvalue weighted by molar-refractivity contribution is 8.30. The second-order valence-corrected chi connectivity index (χ2v) is 19.5. The van der Waals surface area contributed by atoms with Crippen molar-refractivity contribution in [2.24, 2.45) is 0 Å². The Kier molecular flexibility index (Phi) is 9.02. The third kappa shape index (κ3) is 5.23. The van der Waals surface area contributed by atoms with Crippen LogP contribution in [0.5, 0.6) is 0 Å². The van der Waals surface area contributed by atoms with Crippen LogP contribution < -0.4 is 10.9 Å². The van der Waals surface area contributed by atoms with E-state index in [9.17, 15) is 0 Å². The summed E-state index contributed by atoms with van der Waals surface area (Å²) >= 11 is 16.4. The smallest absolute Gasteiger partial charge is 0.302 e. The Bertz CT molecular complexity index is 962. The van der Waals surface area contributed by atoms with Gasteiger partial charge in [0.05, 0.1) is 0 Å². The predicted octanol–water partition coefficient (Wildman–Crippen LogP) is 8.95. The summed E-state index contributed by atoms with van der Waals surface area (Å²) in [7, 11) is -1.72. The molecule has 2 aliphatic rings. The summed E-state index contributed by atoms with van der Waals surface area (Å²) in [5.41, 5.74) is 12.3. The quantitative estimate of drug-likeness (QED) is 0.252. The summed E-state index contributed by atoms with van der Waals surface area (Å²) in [6.07, 6.45) is 13.5. The fraction of sp³-hybridized carbons (Fsp3) is 0.613. The van der Waals surface area contributed by atoms with Crippen molar-refractivity contribution >= 4 is 52.2 Å². The van der Waals surface area contributed by atoms with E-state index in [1.807, 2.05) is 0 Å². The first-order valence-electron chi connectivity index (χ1n) is 14.5. The molecule has 0 saturated heterocycles. The number of rotatable bonds is 6. The average Bonchev–Trinajstić information content (AvgIpc) is 2.82. The molecule has 2 aromatic rings. The Morgan fingerprint density at radius 2 is 0.917 bits per heavy atom. The standard InChI is InChI=1S/C31H47B2Cl2P/c1-22-18-24(3)30(25(4)19-22)32(31-26(5)20-23(2)21-27(31)6)33(34,35)36(7,28-14-10-8-11-15-28)29-16-12-9-13-17-29/h18-21,28-29H,8-17H2,1-7H3. The minimum atomic E-state index is -1.72. The monoisotopic (exact) mass is 542 g/mol. The molecule has 0 aliphatic heterocycles. The fourth-order valence-corrected chi connectivity index (χ4v) is 16.4. The maximum absolute atomic E-state index is 8.19. The SMILES string of the molecule is Cc1cc(C)c(B(c2c(C)cc(C)cc2C)[B-](Cl)(Cl)[P+](C)(C2CCCCC2)C2CCCCC2)c(C)c1. The third-order valence-corrected chi connectivity index (χ3v) is 19.0. The highest BCUT2D eigenvalue weighted by Gasteiger charge is 2.61. The Morgan fingerprint density at radius 1 is 0.611 bits per heavy atom. The zero-order valence-electron chi connectivity index (χ0n) is 23.9. The van der Waals surface area contributed by atoms with E-state index >= 15 is 0 Å². The molecule has 0 radical (unpaired) electrons. The van der Waals surface area contributed by atoms with Crippen LogP contribution >= 0.6 is 30.1 Å². The number of hydrogen-bond donors (Lipinski definition) is 0. The van der Waals surface area contributed by atoms with Crippen LogP contribution in [0.3, 0.4) is 0 Å². The van der Waals surface area contributed by atoms with Gasteiger partial charge in [0.2, 0.25) is 0 Å². The lowest BCUT2D eigenvalue weighted by Crippen LogP contribution is -2.64. The second-order valence-electron chi connectivity index (χ2n) is 12.6. The van der Waals surface area contributed by atoms with E-state index < -0.39 is 11.7 Å². The van der Waals surface area contributed by atoms with Crippen LogP contribution in [0.2, 0.25) is 0 Å². The van der Waals surface area contributed by atoms with Gasteiger partial charge in [0.25, 0.3) is 0 Å². The van der Waals surface area contributed by atoms with Crippen molar-refractivity contribution in [2.45, 2.75) is 117 Å². The molecule has 0 N–H and O–H groups in total. The van der Waals surface area contributed by atoms with Gasteiger partial charge in [-0.05, 0) is 92.9 Å². The average molecular weight is 543 g/mol. The van der Waals surface area contributed by atoms with Gasteiger partial charge in [-0.25, -0.2) is 0 Å². The van der Waals surface area contributed by atoms with Crippen LogP contribution in [0.4, 0.5) is 0 Å². The molecule has 2 aliphatic carbocycles. The lowest BCUT2D eigenvalue weighted by molar-refractivity contribution is 0.483. The van der Waals surface area contributed by atoms with Gasteiger partial charge in [-0.3, -0.25) is 0 Å². The van der Waals surface area contributed by atoms with E-state index in [2.05, 4.69) is 72.5 Å². The molecular formula is C31H47B2Cl2P. The van der Waals surface area contributed by atoms with Crippen LogP contribution in [-0.4, -0.2) is 29.2 Å². The molecule has 0 heterocycles. The summed E-state index contributed by atoms with van der Waals surface area (Å²) in [4.78, 5) is 0. The largest absolute Gasteiger partial charge is 0.326 e. The number of aryl methyl sites for hydroxylation is 6. The lowest BCUT2D eigenvalue weighted by Gasteiger charge is -2.56. The van der Waals surface area contributed by atoms with Crippen LogP contribution in [0.15, 0.2) is 24.3 Å². The van der Waals surface area contributed by atoms with Gasteiger partial charge >= 0.3 is 4.59 Å². The van der Waals surface area contributed by atoms with Crippen LogP contribution in [-0.2, 0) is 0 Å². The number of halogens is 2. The first-order valence-corrected chi connectivity index (χ1v) is 17.8. The molecule has 0 atom stereocenters. The molecule has 0 aromatic heterocycles. The van der Waals surface area contributed by atoms with Gasteiger partial charge in [-0.2, -0.15) is 0 Å². The lowest BCUT2D eigenvalue weighted by atomic mass is 9.21. The Labute approximate surface area is 232 Å². The Morgan fingerprint density at radius 3 is 1.22 bits per heavy atom. The molecule has 4 rings (SSSR count). The summed E-state index contributed by atoms with van der Waals surface area (Å²) < 4.78 is -1.72. The van der Waals surface area contributed by atoms with Gasteiger partial charge in [-0.15, -0.1) is 7.14 Å². The summed E-state index contributed by atoms with van der Waals surface area (Å²) in [6, 6.07) is 9.41.